The molecular formula is C44H34N2O6. The first kappa shape index (κ1) is 32.2. The Morgan fingerprint density at radius 2 is 1.10 bits per heavy atom. The van der Waals surface area contributed by atoms with E-state index >= 15 is 0 Å². The van der Waals surface area contributed by atoms with E-state index < -0.39 is 0 Å². The van der Waals surface area contributed by atoms with E-state index in [0.717, 1.165) is 61.0 Å². The molecule has 3 aromatic heterocycles. The van der Waals surface area contributed by atoms with Gasteiger partial charge in [-0.15, -0.1) is 0 Å². The van der Waals surface area contributed by atoms with E-state index in [-0.39, 0.29) is 0 Å². The van der Waals surface area contributed by atoms with Gasteiger partial charge >= 0.3 is 0 Å². The lowest BCUT2D eigenvalue weighted by Gasteiger charge is -2.23. The van der Waals surface area contributed by atoms with Crippen LogP contribution in [0.3, 0.4) is 0 Å². The zero-order chi connectivity index (χ0) is 35.3. The van der Waals surface area contributed by atoms with Gasteiger partial charge < -0.3 is 32.8 Å². The Balaban J connectivity index is 1.33. The molecule has 0 spiro atoms. The van der Waals surface area contributed by atoms with Crippen molar-refractivity contribution < 1.29 is 27.5 Å². The van der Waals surface area contributed by atoms with Crippen LogP contribution >= 0.6 is 0 Å². The number of benzene rings is 5. The number of nitrogens with one attached hydrogen (secondary N) is 1. The Morgan fingerprint density at radius 3 is 1.65 bits per heavy atom. The first-order valence-electron chi connectivity index (χ1n) is 16.7. The molecule has 52 heavy (non-hydrogen) atoms. The van der Waals surface area contributed by atoms with Gasteiger partial charge in [-0.25, -0.2) is 0 Å². The lowest BCUT2D eigenvalue weighted by atomic mass is 9.84. The van der Waals surface area contributed by atoms with E-state index in [2.05, 4.69) is 59.9 Å². The van der Waals surface area contributed by atoms with Crippen LogP contribution in [0.25, 0.3) is 43.8 Å². The van der Waals surface area contributed by atoms with Crippen molar-refractivity contribution in [3.05, 3.63) is 165 Å². The van der Waals surface area contributed by atoms with Gasteiger partial charge in [0.15, 0.2) is 5.88 Å². The van der Waals surface area contributed by atoms with Crippen molar-refractivity contribution in [3.8, 4) is 39.5 Å². The molecule has 3 heterocycles. The Bertz CT molecular complexity index is 2430. The largest absolute Gasteiger partial charge is 0.497 e. The molecule has 0 bridgehead atoms. The number of hydrogen-bond donors (Lipinski definition) is 1. The number of nitrogens with zero attached hydrogens (tertiary/aromatic N) is 1. The Hall–Kier alpha value is -7.06. The average Bonchev–Trinajstić information content (AvgIpc) is 4.02. The van der Waals surface area contributed by atoms with Gasteiger partial charge in [0.25, 0.3) is 0 Å². The molecule has 0 unspecified atom stereocenters. The summed E-state index contributed by atoms with van der Waals surface area (Å²) in [4.78, 5) is 1.96. The maximum atomic E-state index is 6.16. The van der Waals surface area contributed by atoms with Gasteiger partial charge in [-0.3, -0.25) is 4.90 Å². The molecule has 5 aromatic carbocycles. The molecule has 0 aliphatic rings. The molecular weight excluding hydrogens is 652 g/mol. The van der Waals surface area contributed by atoms with Crippen molar-refractivity contribution in [2.45, 2.75) is 0 Å². The Morgan fingerprint density at radius 1 is 0.538 bits per heavy atom. The highest BCUT2D eigenvalue weighted by Crippen LogP contribution is 2.47. The summed E-state index contributed by atoms with van der Waals surface area (Å²) in [6.07, 6.45) is 12.0. The molecule has 0 amide bonds. The fraction of sp³-hybridized carbons (Fsp3) is 0.0455. The summed E-state index contributed by atoms with van der Waals surface area (Å²) in [5.74, 6) is 4.19. The highest BCUT2D eigenvalue weighted by atomic mass is 16.5. The van der Waals surface area contributed by atoms with Gasteiger partial charge in [0.1, 0.15) is 17.2 Å². The zero-order valence-corrected chi connectivity index (χ0v) is 28.5. The predicted octanol–water partition coefficient (Wildman–Crippen LogP) is 12.1. The molecule has 0 aliphatic carbocycles. The number of ether oxygens (including phenoxy) is 3. The predicted molar refractivity (Wildman–Crippen MR) is 206 cm³/mol. The first-order chi connectivity index (χ1) is 25.7. The van der Waals surface area contributed by atoms with Gasteiger partial charge in [-0.2, -0.15) is 0 Å². The van der Waals surface area contributed by atoms with Crippen LogP contribution in [0.5, 0.6) is 17.2 Å². The van der Waals surface area contributed by atoms with Crippen LogP contribution < -0.4 is 24.4 Å². The highest BCUT2D eigenvalue weighted by molar-refractivity contribution is 6.22. The fourth-order valence-corrected chi connectivity index (χ4v) is 6.40. The summed E-state index contributed by atoms with van der Waals surface area (Å²) in [5, 5.41) is 7.23. The van der Waals surface area contributed by atoms with Crippen LogP contribution in [0.15, 0.2) is 178 Å². The van der Waals surface area contributed by atoms with Gasteiger partial charge in [0.2, 0.25) is 11.8 Å². The smallest absolute Gasteiger partial charge is 0.206 e. The summed E-state index contributed by atoms with van der Waals surface area (Å²) in [6, 6.07) is 40.3. The van der Waals surface area contributed by atoms with E-state index in [1.807, 2.05) is 83.8 Å². The van der Waals surface area contributed by atoms with Crippen LogP contribution in [0.4, 0.5) is 23.3 Å². The number of hydrogen-bond acceptors (Lipinski definition) is 8. The minimum Gasteiger partial charge on any atom is -0.497 e. The van der Waals surface area contributed by atoms with Crippen LogP contribution in [0.2, 0.25) is 0 Å². The van der Waals surface area contributed by atoms with Crippen LogP contribution in [-0.4, -0.2) is 14.2 Å². The summed E-state index contributed by atoms with van der Waals surface area (Å²) in [7, 11) is 3.36. The van der Waals surface area contributed by atoms with Crippen molar-refractivity contribution in [2.24, 2.45) is 0 Å². The second kappa shape index (κ2) is 14.4. The van der Waals surface area contributed by atoms with Crippen molar-refractivity contribution >= 4 is 44.9 Å². The lowest BCUT2D eigenvalue weighted by molar-refractivity contribution is 0.414. The van der Waals surface area contributed by atoms with E-state index in [4.69, 9.17) is 27.5 Å². The SMILES string of the molecule is COc1ccc(-c2c(-c3ccc(OC)cc3)c3ccc(N(c4ccco4)c4ccco4)cc3c3cc(O/C=C\C=C\Nc4ccco4)ccc23)cc1. The van der Waals surface area contributed by atoms with Crippen molar-refractivity contribution in [1.29, 1.82) is 0 Å². The number of rotatable bonds is 12. The summed E-state index contributed by atoms with van der Waals surface area (Å²) >= 11 is 0. The fourth-order valence-electron chi connectivity index (χ4n) is 6.40. The molecule has 0 saturated heterocycles. The van der Waals surface area contributed by atoms with Crippen molar-refractivity contribution in [3.63, 3.8) is 0 Å². The number of anilines is 4. The molecule has 8 aromatic rings. The third kappa shape index (κ3) is 6.36. The zero-order valence-electron chi connectivity index (χ0n) is 28.5. The molecule has 0 atom stereocenters. The third-order valence-electron chi connectivity index (χ3n) is 8.78. The minimum atomic E-state index is 0.632. The molecule has 0 aliphatic heterocycles. The summed E-state index contributed by atoms with van der Waals surface area (Å²) in [6.45, 7) is 0. The second-order valence-corrected chi connectivity index (χ2v) is 11.8. The highest BCUT2D eigenvalue weighted by Gasteiger charge is 2.22. The van der Waals surface area contributed by atoms with Gasteiger partial charge in [-0.05, 0) is 123 Å². The number of allylic oxidation sites excluding steroid dienone is 2. The van der Waals surface area contributed by atoms with Gasteiger partial charge in [0, 0.05) is 24.4 Å². The Kier molecular flexibility index (Phi) is 8.92. The van der Waals surface area contributed by atoms with E-state index in [1.54, 1.807) is 45.5 Å². The third-order valence-corrected chi connectivity index (χ3v) is 8.78. The number of fused-ring (bicyclic) bond motifs is 3. The first-order valence-corrected chi connectivity index (χ1v) is 16.7. The maximum Gasteiger partial charge on any atom is 0.206 e. The minimum absolute atomic E-state index is 0.632. The molecule has 1 N–H and O–H groups in total. The second-order valence-electron chi connectivity index (χ2n) is 11.8. The van der Waals surface area contributed by atoms with Crippen LogP contribution in [0, 0.1) is 0 Å². The van der Waals surface area contributed by atoms with Crippen molar-refractivity contribution in [2.75, 3.05) is 24.4 Å². The molecule has 0 radical (unpaired) electrons. The van der Waals surface area contributed by atoms with E-state index in [0.29, 0.717) is 23.4 Å². The molecule has 8 heteroatoms. The summed E-state index contributed by atoms with van der Waals surface area (Å²) < 4.78 is 34.3. The summed E-state index contributed by atoms with van der Waals surface area (Å²) in [5.41, 5.74) is 5.16. The normalized spacial score (nSPS) is 11.5. The van der Waals surface area contributed by atoms with E-state index in [9.17, 15) is 0 Å². The van der Waals surface area contributed by atoms with Crippen LogP contribution in [0.1, 0.15) is 0 Å². The maximum absolute atomic E-state index is 6.16. The van der Waals surface area contributed by atoms with Gasteiger partial charge in [-0.1, -0.05) is 36.4 Å². The number of furan rings is 3. The van der Waals surface area contributed by atoms with Gasteiger partial charge in [0.05, 0.1) is 45.0 Å². The standard InChI is InChI=1S/C44H34N2O6/c1-47-33-16-11-30(12-17-33)43-36-21-15-32(46(41-9-6-26-51-41)42-10-7-27-52-42)28-38(36)39-29-35(49-24-4-3-23-45-40-8-5-25-50-40)20-22-37(39)44(43)31-13-18-34(48-2)19-14-31/h3-29,45H,1-2H3/b23-3+,24-4-. The monoisotopic (exact) mass is 686 g/mol. The molecule has 0 fully saturated rings. The molecule has 8 rings (SSSR count). The van der Waals surface area contributed by atoms with Crippen molar-refractivity contribution in [1.82, 2.24) is 0 Å². The Labute approximate surface area is 300 Å². The molecule has 0 saturated carbocycles. The quantitative estimate of drug-likeness (QED) is 0.0772. The average molecular weight is 687 g/mol. The number of methoxy groups -OCH3 is 2. The lowest BCUT2D eigenvalue weighted by Crippen LogP contribution is -2.08. The topological polar surface area (TPSA) is 82.4 Å². The molecule has 8 nitrogen and oxygen atoms in total. The molecule has 256 valence electrons. The van der Waals surface area contributed by atoms with Crippen LogP contribution in [-0.2, 0) is 0 Å². The van der Waals surface area contributed by atoms with E-state index in [1.165, 1.54) is 0 Å².